The van der Waals surface area contributed by atoms with Crippen LogP contribution in [0.1, 0.15) is 21.5 Å². The van der Waals surface area contributed by atoms with Crippen LogP contribution < -0.4 is 5.32 Å². The van der Waals surface area contributed by atoms with E-state index in [1.165, 1.54) is 0 Å². The second-order valence-electron chi connectivity index (χ2n) is 5.07. The Morgan fingerprint density at radius 3 is 1.83 bits per heavy atom. The summed E-state index contributed by atoms with van der Waals surface area (Å²) in [6, 6.07) is 7.16. The summed E-state index contributed by atoms with van der Waals surface area (Å²) in [5, 5.41) is 24.4. The summed E-state index contributed by atoms with van der Waals surface area (Å²) >= 11 is 5.31. The van der Waals surface area contributed by atoms with E-state index in [4.69, 9.17) is 11.6 Å². The van der Waals surface area contributed by atoms with Crippen LogP contribution in [-0.4, -0.2) is 15.1 Å². The Morgan fingerprint density at radius 1 is 1.00 bits per heavy atom. The fraction of sp³-hybridized carbons (Fsp3) is 0.133. The Morgan fingerprint density at radius 2 is 1.46 bits per heavy atom. The normalized spacial score (nSPS) is 10.3. The highest BCUT2D eigenvalue weighted by Gasteiger charge is 2.29. The van der Waals surface area contributed by atoms with Crippen molar-refractivity contribution in [3.8, 4) is 0 Å². The predicted octanol–water partition coefficient (Wildman–Crippen LogP) is 4.24. The SMILES string of the molecule is Cc1cccc(C)c1Nc1c([N+](=O)[O-])cc(C(=O)Cl)cc1[N+](=O)[O-]. The molecule has 0 heterocycles. The molecule has 0 radical (unpaired) electrons. The first kappa shape index (κ1) is 17.4. The van der Waals surface area contributed by atoms with E-state index in [2.05, 4.69) is 5.32 Å². The molecule has 0 saturated carbocycles. The number of hydrogen-bond acceptors (Lipinski definition) is 6. The standard InChI is InChI=1S/C15H12ClN3O5/c1-8-4-3-5-9(2)13(8)17-14-11(18(21)22)6-10(15(16)20)7-12(14)19(23)24/h3-7,17H,1-2H3. The number of nitrogens with zero attached hydrogens (tertiary/aromatic N) is 2. The van der Waals surface area contributed by atoms with Gasteiger partial charge in [0.05, 0.1) is 9.85 Å². The molecule has 0 aliphatic heterocycles. The number of aryl methyl sites for hydroxylation is 2. The summed E-state index contributed by atoms with van der Waals surface area (Å²) < 4.78 is 0. The largest absolute Gasteiger partial charge is 0.344 e. The van der Waals surface area contributed by atoms with Crippen molar-refractivity contribution < 1.29 is 14.6 Å². The lowest BCUT2D eigenvalue weighted by Gasteiger charge is -2.13. The van der Waals surface area contributed by atoms with Gasteiger partial charge in [0.25, 0.3) is 5.24 Å². The van der Waals surface area contributed by atoms with Gasteiger partial charge in [0.15, 0.2) is 5.69 Å². The Bertz CT molecular complexity index is 811. The highest BCUT2D eigenvalue weighted by atomic mass is 35.5. The van der Waals surface area contributed by atoms with Crippen LogP contribution in [0.2, 0.25) is 0 Å². The molecule has 0 bridgehead atoms. The molecule has 0 fully saturated rings. The molecule has 0 aliphatic carbocycles. The number of rotatable bonds is 5. The number of carbonyl (C=O) groups excluding carboxylic acids is 1. The predicted molar refractivity (Wildman–Crippen MR) is 89.1 cm³/mol. The van der Waals surface area contributed by atoms with Gasteiger partial charge in [-0.3, -0.25) is 25.0 Å². The summed E-state index contributed by atoms with van der Waals surface area (Å²) in [5.74, 6) is 0. The number of carbonyl (C=O) groups is 1. The van der Waals surface area contributed by atoms with Crippen LogP contribution >= 0.6 is 11.6 Å². The van der Waals surface area contributed by atoms with Crippen molar-refractivity contribution in [2.75, 3.05) is 5.32 Å². The van der Waals surface area contributed by atoms with Gasteiger partial charge in [-0.2, -0.15) is 0 Å². The topological polar surface area (TPSA) is 115 Å². The third-order valence-electron chi connectivity index (χ3n) is 3.45. The lowest BCUT2D eigenvalue weighted by molar-refractivity contribution is -0.392. The van der Waals surface area contributed by atoms with Gasteiger partial charge in [-0.15, -0.1) is 0 Å². The molecule has 0 amide bonds. The zero-order valence-electron chi connectivity index (χ0n) is 12.7. The molecule has 124 valence electrons. The van der Waals surface area contributed by atoms with E-state index >= 15 is 0 Å². The van der Waals surface area contributed by atoms with Gasteiger partial charge in [0, 0.05) is 23.4 Å². The van der Waals surface area contributed by atoms with Gasteiger partial charge < -0.3 is 5.32 Å². The monoisotopic (exact) mass is 349 g/mol. The fourth-order valence-electron chi connectivity index (χ4n) is 2.28. The molecule has 2 aromatic rings. The summed E-state index contributed by atoms with van der Waals surface area (Å²) in [7, 11) is 0. The third-order valence-corrected chi connectivity index (χ3v) is 3.67. The van der Waals surface area contributed by atoms with Crippen molar-refractivity contribution in [2.24, 2.45) is 0 Å². The quantitative estimate of drug-likeness (QED) is 0.490. The summed E-state index contributed by atoms with van der Waals surface area (Å²) in [6.07, 6.45) is 0. The molecule has 9 heteroatoms. The molecular formula is C15H12ClN3O5. The molecule has 2 rings (SSSR count). The van der Waals surface area contributed by atoms with Gasteiger partial charge in [0.2, 0.25) is 0 Å². The first-order valence-corrected chi connectivity index (χ1v) is 7.10. The van der Waals surface area contributed by atoms with Gasteiger partial charge in [0.1, 0.15) is 0 Å². The number of benzene rings is 2. The van der Waals surface area contributed by atoms with Gasteiger partial charge in [-0.05, 0) is 36.6 Å². The molecular weight excluding hydrogens is 338 g/mol. The average Bonchev–Trinajstić information content (AvgIpc) is 2.50. The van der Waals surface area contributed by atoms with Crippen molar-refractivity contribution in [3.63, 3.8) is 0 Å². The van der Waals surface area contributed by atoms with Crippen LogP contribution in [0.3, 0.4) is 0 Å². The van der Waals surface area contributed by atoms with Crippen LogP contribution in [0.25, 0.3) is 0 Å². The molecule has 0 saturated heterocycles. The van der Waals surface area contributed by atoms with E-state index in [1.54, 1.807) is 32.0 Å². The van der Waals surface area contributed by atoms with Gasteiger partial charge in [-0.1, -0.05) is 18.2 Å². The Balaban J connectivity index is 2.74. The maximum absolute atomic E-state index is 11.3. The van der Waals surface area contributed by atoms with Crippen LogP contribution in [0.4, 0.5) is 22.7 Å². The smallest absolute Gasteiger partial charge is 0.300 e. The maximum atomic E-state index is 11.3. The number of anilines is 2. The summed E-state index contributed by atoms with van der Waals surface area (Å²) in [4.78, 5) is 32.3. The summed E-state index contributed by atoms with van der Waals surface area (Å²) in [6.45, 7) is 3.54. The maximum Gasteiger partial charge on any atom is 0.300 e. The minimum Gasteiger partial charge on any atom is -0.344 e. The fourth-order valence-corrected chi connectivity index (χ4v) is 2.39. The minimum absolute atomic E-state index is 0.302. The van der Waals surface area contributed by atoms with Crippen LogP contribution in [0.15, 0.2) is 30.3 Å². The van der Waals surface area contributed by atoms with Gasteiger partial charge in [-0.25, -0.2) is 0 Å². The van der Waals surface area contributed by atoms with Crippen molar-refractivity contribution >= 4 is 39.6 Å². The minimum atomic E-state index is -1.01. The zero-order chi connectivity index (χ0) is 18.0. The number of hydrogen-bond donors (Lipinski definition) is 1. The third kappa shape index (κ3) is 3.33. The molecule has 2 aromatic carbocycles. The number of nitrogens with one attached hydrogen (secondary N) is 1. The summed E-state index contributed by atoms with van der Waals surface area (Å²) in [5.41, 5.74) is 0.221. The molecule has 0 atom stereocenters. The van der Waals surface area contributed by atoms with Crippen molar-refractivity contribution in [1.82, 2.24) is 0 Å². The first-order chi connectivity index (χ1) is 11.2. The number of halogens is 1. The van der Waals surface area contributed by atoms with E-state index in [1.807, 2.05) is 0 Å². The van der Waals surface area contributed by atoms with Crippen molar-refractivity contribution in [3.05, 3.63) is 67.3 Å². The van der Waals surface area contributed by atoms with E-state index in [0.717, 1.165) is 23.3 Å². The zero-order valence-corrected chi connectivity index (χ0v) is 13.5. The molecule has 1 N–H and O–H groups in total. The van der Waals surface area contributed by atoms with Crippen LogP contribution in [0, 0.1) is 34.1 Å². The van der Waals surface area contributed by atoms with E-state index < -0.39 is 26.5 Å². The van der Waals surface area contributed by atoms with Crippen LogP contribution in [0.5, 0.6) is 0 Å². The second kappa shape index (κ2) is 6.63. The van der Waals surface area contributed by atoms with E-state index in [-0.39, 0.29) is 11.3 Å². The Kier molecular flexibility index (Phi) is 4.79. The van der Waals surface area contributed by atoms with E-state index in [9.17, 15) is 25.0 Å². The highest BCUT2D eigenvalue weighted by Crippen LogP contribution is 2.39. The molecule has 8 nitrogen and oxygen atoms in total. The Hall–Kier alpha value is -3.00. The lowest BCUT2D eigenvalue weighted by atomic mass is 10.1. The van der Waals surface area contributed by atoms with E-state index in [0.29, 0.717) is 5.69 Å². The van der Waals surface area contributed by atoms with Gasteiger partial charge >= 0.3 is 11.4 Å². The molecule has 0 spiro atoms. The average molecular weight is 350 g/mol. The highest BCUT2D eigenvalue weighted by molar-refractivity contribution is 6.67. The molecule has 0 aliphatic rings. The molecule has 0 unspecified atom stereocenters. The molecule has 0 aromatic heterocycles. The first-order valence-electron chi connectivity index (χ1n) is 6.72. The lowest BCUT2D eigenvalue weighted by Crippen LogP contribution is -2.05. The second-order valence-corrected chi connectivity index (χ2v) is 5.41. The number of nitro groups is 2. The van der Waals surface area contributed by atoms with Crippen molar-refractivity contribution in [2.45, 2.75) is 13.8 Å². The van der Waals surface area contributed by atoms with Crippen molar-refractivity contribution in [1.29, 1.82) is 0 Å². The Labute approximate surface area is 141 Å². The number of nitro benzene ring substituents is 2. The molecule has 24 heavy (non-hydrogen) atoms. The number of para-hydroxylation sites is 1. The van der Waals surface area contributed by atoms with Crippen LogP contribution in [-0.2, 0) is 0 Å².